The van der Waals surface area contributed by atoms with E-state index in [-0.39, 0.29) is 12.0 Å². The van der Waals surface area contributed by atoms with Crippen LogP contribution in [-0.2, 0) is 4.74 Å². The third kappa shape index (κ3) is 3.81. The number of nitrogens with one attached hydrogen (secondary N) is 1. The summed E-state index contributed by atoms with van der Waals surface area (Å²) in [6.45, 7) is 2.87. The Balaban J connectivity index is 1.34. The highest BCUT2D eigenvalue weighted by atomic mass is 32.1. The lowest BCUT2D eigenvalue weighted by molar-refractivity contribution is 0.144. The fourth-order valence-corrected chi connectivity index (χ4v) is 4.33. The summed E-state index contributed by atoms with van der Waals surface area (Å²) >= 11 is 1.69. The fourth-order valence-electron chi connectivity index (χ4n) is 3.51. The van der Waals surface area contributed by atoms with E-state index in [0.717, 1.165) is 0 Å². The lowest BCUT2D eigenvalue weighted by Gasteiger charge is -2.14. The number of carbonyl (C=O) groups excluding carboxylic acids is 1. The SMILES string of the molecule is Cc1csc(C=CCNC(=O)OCC2c3ccccc3-c3ccccc32)c1. The van der Waals surface area contributed by atoms with Crippen LogP contribution in [-0.4, -0.2) is 19.2 Å². The molecule has 0 radical (unpaired) electrons. The van der Waals surface area contributed by atoms with Gasteiger partial charge in [0.05, 0.1) is 0 Å². The molecular weight excluding hydrogens is 354 g/mol. The molecular formula is C23H21NO2S. The van der Waals surface area contributed by atoms with Gasteiger partial charge in [-0.2, -0.15) is 0 Å². The van der Waals surface area contributed by atoms with Crippen molar-refractivity contribution in [3.8, 4) is 11.1 Å². The van der Waals surface area contributed by atoms with Gasteiger partial charge in [-0.05, 0) is 52.3 Å². The first-order valence-electron chi connectivity index (χ1n) is 9.03. The second-order valence-electron chi connectivity index (χ2n) is 6.64. The van der Waals surface area contributed by atoms with E-state index in [1.165, 1.54) is 32.7 Å². The van der Waals surface area contributed by atoms with E-state index in [2.05, 4.69) is 48.0 Å². The van der Waals surface area contributed by atoms with Gasteiger partial charge in [0.1, 0.15) is 6.61 Å². The molecule has 1 aromatic heterocycles. The highest BCUT2D eigenvalue weighted by Crippen LogP contribution is 2.44. The van der Waals surface area contributed by atoms with Crippen LogP contribution >= 0.6 is 11.3 Å². The molecule has 4 heteroatoms. The minimum atomic E-state index is -0.385. The first kappa shape index (κ1) is 17.6. The number of alkyl carbamates (subject to hydrolysis) is 1. The zero-order valence-electron chi connectivity index (χ0n) is 15.1. The number of carbonyl (C=O) groups is 1. The predicted octanol–water partition coefficient (Wildman–Crippen LogP) is 5.61. The zero-order chi connectivity index (χ0) is 18.6. The lowest BCUT2D eigenvalue weighted by atomic mass is 9.98. The number of fused-ring (bicyclic) bond motifs is 3. The molecule has 0 bridgehead atoms. The Labute approximate surface area is 163 Å². The third-order valence-corrected chi connectivity index (χ3v) is 5.76. The van der Waals surface area contributed by atoms with Gasteiger partial charge in [0, 0.05) is 17.3 Å². The van der Waals surface area contributed by atoms with E-state index in [0.29, 0.717) is 13.2 Å². The number of amides is 1. The van der Waals surface area contributed by atoms with E-state index in [1.54, 1.807) is 11.3 Å². The molecule has 0 saturated carbocycles. The second-order valence-corrected chi connectivity index (χ2v) is 7.58. The molecule has 0 spiro atoms. The first-order valence-corrected chi connectivity index (χ1v) is 9.91. The molecule has 0 fully saturated rings. The largest absolute Gasteiger partial charge is 0.449 e. The molecule has 3 aromatic rings. The van der Waals surface area contributed by atoms with Crippen LogP contribution in [0.1, 0.15) is 27.5 Å². The molecule has 136 valence electrons. The third-order valence-electron chi connectivity index (χ3n) is 4.74. The Hall–Kier alpha value is -2.85. The van der Waals surface area contributed by atoms with Gasteiger partial charge in [0.15, 0.2) is 0 Å². The maximum absolute atomic E-state index is 12.1. The maximum atomic E-state index is 12.1. The summed E-state index contributed by atoms with van der Waals surface area (Å²) < 4.78 is 5.51. The summed E-state index contributed by atoms with van der Waals surface area (Å²) in [5, 5.41) is 4.90. The van der Waals surface area contributed by atoms with Crippen LogP contribution in [0.25, 0.3) is 17.2 Å². The number of rotatable bonds is 5. The Morgan fingerprint density at radius 1 is 1.11 bits per heavy atom. The van der Waals surface area contributed by atoms with E-state index in [1.807, 2.05) is 36.4 Å². The average Bonchev–Trinajstić information content (AvgIpc) is 3.25. The van der Waals surface area contributed by atoms with Crippen LogP contribution in [0.2, 0.25) is 0 Å². The van der Waals surface area contributed by atoms with E-state index < -0.39 is 0 Å². The summed E-state index contributed by atoms with van der Waals surface area (Å²) in [4.78, 5) is 13.3. The number of hydrogen-bond donors (Lipinski definition) is 1. The van der Waals surface area contributed by atoms with Gasteiger partial charge in [0.2, 0.25) is 0 Å². The van der Waals surface area contributed by atoms with Gasteiger partial charge >= 0.3 is 6.09 Å². The first-order chi connectivity index (χ1) is 13.2. The van der Waals surface area contributed by atoms with Crippen molar-refractivity contribution in [2.75, 3.05) is 13.2 Å². The minimum absolute atomic E-state index is 0.0905. The lowest BCUT2D eigenvalue weighted by Crippen LogP contribution is -2.26. The van der Waals surface area contributed by atoms with Crippen LogP contribution in [0.4, 0.5) is 4.79 Å². The van der Waals surface area contributed by atoms with Crippen molar-refractivity contribution >= 4 is 23.5 Å². The molecule has 0 aliphatic heterocycles. The molecule has 1 heterocycles. The van der Waals surface area contributed by atoms with Crippen molar-refractivity contribution < 1.29 is 9.53 Å². The highest BCUT2D eigenvalue weighted by Gasteiger charge is 2.28. The number of thiophene rings is 1. The molecule has 3 nitrogen and oxygen atoms in total. The predicted molar refractivity (Wildman–Crippen MR) is 111 cm³/mol. The van der Waals surface area contributed by atoms with Gasteiger partial charge in [0.25, 0.3) is 0 Å². The highest BCUT2D eigenvalue weighted by molar-refractivity contribution is 7.11. The van der Waals surface area contributed by atoms with Crippen molar-refractivity contribution in [1.82, 2.24) is 5.32 Å². The van der Waals surface area contributed by atoms with Crippen molar-refractivity contribution in [2.45, 2.75) is 12.8 Å². The van der Waals surface area contributed by atoms with Crippen molar-refractivity contribution in [3.05, 3.63) is 87.6 Å². The molecule has 0 saturated heterocycles. The van der Waals surface area contributed by atoms with Gasteiger partial charge in [-0.15, -0.1) is 11.3 Å². The maximum Gasteiger partial charge on any atom is 0.407 e. The van der Waals surface area contributed by atoms with Crippen molar-refractivity contribution in [2.24, 2.45) is 0 Å². The Kier molecular flexibility index (Phi) is 5.07. The summed E-state index contributed by atoms with van der Waals surface area (Å²) in [6, 6.07) is 18.8. The Morgan fingerprint density at radius 2 is 1.78 bits per heavy atom. The van der Waals surface area contributed by atoms with Crippen LogP contribution < -0.4 is 5.32 Å². The zero-order valence-corrected chi connectivity index (χ0v) is 16.0. The molecule has 0 atom stereocenters. The molecule has 1 N–H and O–H groups in total. The van der Waals surface area contributed by atoms with Gasteiger partial charge in [-0.3, -0.25) is 0 Å². The van der Waals surface area contributed by atoms with Crippen LogP contribution in [0, 0.1) is 6.92 Å². The molecule has 1 amide bonds. The average molecular weight is 375 g/mol. The molecule has 1 aliphatic rings. The topological polar surface area (TPSA) is 38.3 Å². The molecule has 27 heavy (non-hydrogen) atoms. The summed E-state index contributed by atoms with van der Waals surface area (Å²) in [6.07, 6.45) is 3.57. The van der Waals surface area contributed by atoms with Gasteiger partial charge in [-0.25, -0.2) is 4.79 Å². The van der Waals surface area contributed by atoms with Crippen molar-refractivity contribution in [3.63, 3.8) is 0 Å². The number of benzene rings is 2. The van der Waals surface area contributed by atoms with Crippen LogP contribution in [0.15, 0.2) is 66.1 Å². The molecule has 0 unspecified atom stereocenters. The summed E-state index contributed by atoms with van der Waals surface area (Å²) in [5.74, 6) is 0.0905. The standard InChI is InChI=1S/C23H21NO2S/c1-16-13-17(27-15-16)7-6-12-24-23(25)26-14-22-20-10-4-2-8-18(20)19-9-3-5-11-21(19)22/h2-11,13,15,22H,12,14H2,1H3,(H,24,25). The second kappa shape index (κ2) is 7.80. The molecule has 4 rings (SSSR count). The minimum Gasteiger partial charge on any atom is -0.449 e. The quantitative estimate of drug-likeness (QED) is 0.629. The van der Waals surface area contributed by atoms with Crippen LogP contribution in [0.3, 0.4) is 0 Å². The normalized spacial score (nSPS) is 12.8. The van der Waals surface area contributed by atoms with E-state index in [9.17, 15) is 4.79 Å². The van der Waals surface area contributed by atoms with Crippen LogP contribution in [0.5, 0.6) is 0 Å². The fraction of sp³-hybridized carbons (Fsp3) is 0.174. The number of aryl methyl sites for hydroxylation is 1. The smallest absolute Gasteiger partial charge is 0.407 e. The number of ether oxygens (including phenoxy) is 1. The van der Waals surface area contributed by atoms with Gasteiger partial charge < -0.3 is 10.1 Å². The summed E-state index contributed by atoms with van der Waals surface area (Å²) in [5.41, 5.74) is 6.16. The van der Waals surface area contributed by atoms with Crippen molar-refractivity contribution in [1.29, 1.82) is 0 Å². The summed E-state index contributed by atoms with van der Waals surface area (Å²) in [7, 11) is 0. The monoisotopic (exact) mass is 375 g/mol. The Morgan fingerprint density at radius 3 is 2.41 bits per heavy atom. The Bertz CT molecular complexity index is 944. The molecule has 2 aromatic carbocycles. The van der Waals surface area contributed by atoms with E-state index in [4.69, 9.17) is 4.74 Å². The molecule has 1 aliphatic carbocycles. The van der Waals surface area contributed by atoms with Gasteiger partial charge in [-0.1, -0.05) is 54.6 Å². The van der Waals surface area contributed by atoms with E-state index >= 15 is 0 Å². The number of hydrogen-bond acceptors (Lipinski definition) is 3.